The average Bonchev–Trinajstić information content (AvgIpc) is 2.78. The first-order valence-corrected chi connectivity index (χ1v) is 7.07. The van der Waals surface area contributed by atoms with E-state index in [4.69, 9.17) is 4.74 Å². The maximum Gasteiger partial charge on any atom is 0.338 e. The first kappa shape index (κ1) is 16.4. The highest BCUT2D eigenvalue weighted by Crippen LogP contribution is 2.26. The number of hydrogen-bond donors (Lipinski definition) is 1. The van der Waals surface area contributed by atoms with Gasteiger partial charge >= 0.3 is 5.97 Å². The van der Waals surface area contributed by atoms with Crippen LogP contribution in [0.4, 0.5) is 14.5 Å². The molecule has 0 aromatic heterocycles. The number of likely N-dealkylation sites (tertiary alicyclic amines) is 1. The van der Waals surface area contributed by atoms with Gasteiger partial charge < -0.3 is 10.1 Å². The molecule has 0 bridgehead atoms. The molecular weight excluding hydrogens is 294 g/mol. The number of carbonyl (C=O) groups is 2. The lowest BCUT2D eigenvalue weighted by Crippen LogP contribution is -2.33. The highest BCUT2D eigenvalue weighted by Gasteiger charge is 2.38. The molecule has 22 heavy (non-hydrogen) atoms. The second kappa shape index (κ2) is 6.83. The number of anilines is 1. The van der Waals surface area contributed by atoms with E-state index in [0.717, 1.165) is 0 Å². The monoisotopic (exact) mass is 312 g/mol. The molecule has 0 saturated carbocycles. The van der Waals surface area contributed by atoms with E-state index in [9.17, 15) is 18.4 Å². The number of rotatable bonds is 5. The van der Waals surface area contributed by atoms with Crippen molar-refractivity contribution in [2.45, 2.75) is 19.3 Å². The molecule has 0 radical (unpaired) electrons. The largest absolute Gasteiger partial charge is 0.462 e. The molecule has 1 fully saturated rings. The zero-order chi connectivity index (χ0) is 16.2. The summed E-state index contributed by atoms with van der Waals surface area (Å²) in [5.41, 5.74) is 0.892. The van der Waals surface area contributed by atoms with E-state index in [2.05, 4.69) is 5.32 Å². The molecular formula is C15H18F2N2O3. The second-order valence-electron chi connectivity index (χ2n) is 5.16. The maximum atomic E-state index is 13.0. The van der Waals surface area contributed by atoms with Gasteiger partial charge in [0.1, 0.15) is 0 Å². The number of carbonyl (C=O) groups excluding carboxylic acids is 2. The van der Waals surface area contributed by atoms with Gasteiger partial charge in [0.05, 0.1) is 25.3 Å². The summed E-state index contributed by atoms with van der Waals surface area (Å²) in [5, 5.41) is 2.62. The van der Waals surface area contributed by atoms with E-state index in [0.29, 0.717) is 11.3 Å². The Kier molecular flexibility index (Phi) is 5.07. The fourth-order valence-electron chi connectivity index (χ4n) is 2.25. The molecule has 0 spiro atoms. The van der Waals surface area contributed by atoms with Crippen LogP contribution in [0.25, 0.3) is 0 Å². The normalized spacial score (nSPS) is 17.2. The van der Waals surface area contributed by atoms with E-state index in [1.54, 1.807) is 19.1 Å². The summed E-state index contributed by atoms with van der Waals surface area (Å²) in [5.74, 6) is -3.50. The molecule has 2 rings (SSSR count). The van der Waals surface area contributed by atoms with E-state index in [-0.39, 0.29) is 38.6 Å². The molecule has 1 saturated heterocycles. The number of nitrogens with zero attached hydrogens (tertiary/aromatic N) is 1. The van der Waals surface area contributed by atoms with Crippen LogP contribution >= 0.6 is 0 Å². The number of hydrogen-bond acceptors (Lipinski definition) is 4. The number of ether oxygens (including phenoxy) is 1. The van der Waals surface area contributed by atoms with Gasteiger partial charge in [0, 0.05) is 18.7 Å². The highest BCUT2D eigenvalue weighted by molar-refractivity contribution is 5.94. The molecule has 0 atom stereocenters. The van der Waals surface area contributed by atoms with Crippen LogP contribution in [0.1, 0.15) is 23.7 Å². The van der Waals surface area contributed by atoms with Crippen LogP contribution in [-0.2, 0) is 9.53 Å². The Hall–Kier alpha value is -2.02. The fourth-order valence-corrected chi connectivity index (χ4v) is 2.25. The standard InChI is InChI=1S/C15H18F2N2O3/c1-2-22-14(21)11-3-5-12(6-4-11)18-13(20)9-19-8-7-15(16,17)10-19/h3-6H,2,7-10H2,1H3,(H,18,20). The molecule has 7 heteroatoms. The highest BCUT2D eigenvalue weighted by atomic mass is 19.3. The first-order valence-electron chi connectivity index (χ1n) is 7.07. The Morgan fingerprint density at radius 2 is 2.00 bits per heavy atom. The van der Waals surface area contributed by atoms with Gasteiger partial charge in [-0.2, -0.15) is 0 Å². The molecule has 1 amide bonds. The zero-order valence-electron chi connectivity index (χ0n) is 12.3. The third kappa shape index (κ3) is 4.49. The lowest BCUT2D eigenvalue weighted by atomic mass is 10.2. The van der Waals surface area contributed by atoms with Gasteiger partial charge in [-0.1, -0.05) is 0 Å². The lowest BCUT2D eigenvalue weighted by molar-refractivity contribution is -0.117. The molecule has 1 heterocycles. The SMILES string of the molecule is CCOC(=O)c1ccc(NC(=O)CN2CCC(F)(F)C2)cc1. The Bertz CT molecular complexity index is 546. The second-order valence-corrected chi connectivity index (χ2v) is 5.16. The number of halogens is 2. The molecule has 0 aliphatic carbocycles. The summed E-state index contributed by atoms with van der Waals surface area (Å²) in [4.78, 5) is 24.7. The summed E-state index contributed by atoms with van der Waals surface area (Å²) in [6.45, 7) is 1.76. The maximum absolute atomic E-state index is 13.0. The van der Waals surface area contributed by atoms with Crippen molar-refractivity contribution in [3.63, 3.8) is 0 Å². The van der Waals surface area contributed by atoms with Gasteiger partial charge in [-0.15, -0.1) is 0 Å². The van der Waals surface area contributed by atoms with E-state index >= 15 is 0 Å². The number of nitrogens with one attached hydrogen (secondary N) is 1. The van der Waals surface area contributed by atoms with Gasteiger partial charge in [0.25, 0.3) is 5.92 Å². The quantitative estimate of drug-likeness (QED) is 0.846. The number of alkyl halides is 2. The summed E-state index contributed by atoms with van der Waals surface area (Å²) in [7, 11) is 0. The van der Waals surface area contributed by atoms with Crippen molar-refractivity contribution < 1.29 is 23.1 Å². The van der Waals surface area contributed by atoms with E-state index in [1.807, 2.05) is 0 Å². The van der Waals surface area contributed by atoms with Crippen LogP contribution < -0.4 is 5.32 Å². The van der Waals surface area contributed by atoms with Crippen LogP contribution in [0.15, 0.2) is 24.3 Å². The van der Waals surface area contributed by atoms with Gasteiger partial charge in [-0.3, -0.25) is 9.69 Å². The Labute approximate surface area is 127 Å². The van der Waals surface area contributed by atoms with Crippen molar-refractivity contribution in [3.8, 4) is 0 Å². The van der Waals surface area contributed by atoms with Gasteiger partial charge in [-0.05, 0) is 31.2 Å². The summed E-state index contributed by atoms with van der Waals surface area (Å²) in [6, 6.07) is 6.22. The molecule has 1 aliphatic heterocycles. The molecule has 0 unspecified atom stereocenters. The Balaban J connectivity index is 1.85. The third-order valence-electron chi connectivity index (χ3n) is 3.30. The van der Waals surface area contributed by atoms with Crippen LogP contribution in [0.3, 0.4) is 0 Å². The van der Waals surface area contributed by atoms with Gasteiger partial charge in [-0.25, -0.2) is 13.6 Å². The molecule has 5 nitrogen and oxygen atoms in total. The van der Waals surface area contributed by atoms with Crippen molar-refractivity contribution in [3.05, 3.63) is 29.8 Å². The number of esters is 1. The molecule has 120 valence electrons. The summed E-state index contributed by atoms with van der Waals surface area (Å²) in [6.07, 6.45) is -0.214. The van der Waals surface area contributed by atoms with E-state index < -0.39 is 11.9 Å². The van der Waals surface area contributed by atoms with Crippen molar-refractivity contribution >= 4 is 17.6 Å². The predicted molar refractivity (Wildman–Crippen MR) is 77.0 cm³/mol. The van der Waals surface area contributed by atoms with Crippen molar-refractivity contribution in [1.82, 2.24) is 4.90 Å². The Morgan fingerprint density at radius 1 is 1.32 bits per heavy atom. The average molecular weight is 312 g/mol. The van der Waals surface area contributed by atoms with Crippen molar-refractivity contribution in [2.24, 2.45) is 0 Å². The van der Waals surface area contributed by atoms with Crippen molar-refractivity contribution in [1.29, 1.82) is 0 Å². The minimum Gasteiger partial charge on any atom is -0.462 e. The fraction of sp³-hybridized carbons (Fsp3) is 0.467. The van der Waals surface area contributed by atoms with Crippen LogP contribution in [0, 0.1) is 0 Å². The zero-order valence-corrected chi connectivity index (χ0v) is 12.3. The third-order valence-corrected chi connectivity index (χ3v) is 3.30. The number of amides is 1. The molecule has 1 aromatic carbocycles. The van der Waals surface area contributed by atoms with Crippen LogP contribution in [-0.4, -0.2) is 48.9 Å². The summed E-state index contributed by atoms with van der Waals surface area (Å²) < 4.78 is 30.9. The smallest absolute Gasteiger partial charge is 0.338 e. The van der Waals surface area contributed by atoms with Gasteiger partial charge in [0.15, 0.2) is 0 Å². The van der Waals surface area contributed by atoms with Crippen molar-refractivity contribution in [2.75, 3.05) is 31.6 Å². The Morgan fingerprint density at radius 3 is 2.55 bits per heavy atom. The topological polar surface area (TPSA) is 58.6 Å². The predicted octanol–water partition coefficient (Wildman–Crippen LogP) is 2.14. The lowest BCUT2D eigenvalue weighted by Gasteiger charge is -2.15. The molecule has 1 aromatic rings. The number of benzene rings is 1. The van der Waals surface area contributed by atoms with Crippen LogP contribution in [0.2, 0.25) is 0 Å². The van der Waals surface area contributed by atoms with E-state index in [1.165, 1.54) is 17.0 Å². The van der Waals surface area contributed by atoms with Crippen LogP contribution in [0.5, 0.6) is 0 Å². The molecule has 1 aliphatic rings. The minimum absolute atomic E-state index is 0.0742. The molecule has 1 N–H and O–H groups in total. The van der Waals surface area contributed by atoms with Gasteiger partial charge in [0.2, 0.25) is 5.91 Å². The minimum atomic E-state index is -2.71. The summed E-state index contributed by atoms with van der Waals surface area (Å²) >= 11 is 0. The first-order chi connectivity index (χ1) is 10.4.